The van der Waals surface area contributed by atoms with Gasteiger partial charge in [-0.1, -0.05) is 0 Å². The van der Waals surface area contributed by atoms with E-state index in [1.165, 1.54) is 0 Å². The van der Waals surface area contributed by atoms with Crippen molar-refractivity contribution in [1.29, 1.82) is 0 Å². The molecule has 0 atom stereocenters. The van der Waals surface area contributed by atoms with Crippen LogP contribution in [0.4, 0.5) is 13.2 Å². The maximum Gasteiger partial charge on any atom is 0.497 e. The Morgan fingerprint density at radius 3 is 1.82 bits per heavy atom. The number of amides is 1. The number of nitrogens with two attached hydrogens (primary N) is 1. The molecule has 0 fully saturated rings. The summed E-state index contributed by atoms with van der Waals surface area (Å²) in [5, 5.41) is 0. The van der Waals surface area contributed by atoms with Crippen molar-refractivity contribution < 1.29 is 26.4 Å². The van der Waals surface area contributed by atoms with Gasteiger partial charge in [-0.05, 0) is 0 Å². The lowest BCUT2D eigenvalue weighted by Crippen LogP contribution is -2.33. The van der Waals surface area contributed by atoms with Crippen molar-refractivity contribution in [2.75, 3.05) is 5.75 Å². The summed E-state index contributed by atoms with van der Waals surface area (Å²) in [7, 11) is -5.37. The molecule has 1 amide bonds. The first-order valence-corrected chi connectivity index (χ1v) is 3.89. The molecule has 2 N–H and O–H groups in total. The molecule has 0 aromatic carbocycles. The topological polar surface area (TPSA) is 77.2 Å². The number of halogens is 3. The second-order valence-corrected chi connectivity index (χ2v) is 3.65. The van der Waals surface area contributed by atoms with Crippen LogP contribution in [-0.4, -0.2) is 25.6 Å². The van der Waals surface area contributed by atoms with E-state index in [4.69, 9.17) is 0 Å². The molecule has 4 nitrogen and oxygen atoms in total. The smallest absolute Gasteiger partial charge is 0.369 e. The number of alkyl halides is 3. The number of rotatable bonds is 2. The average molecular weight is 191 g/mol. The fourth-order valence-electron chi connectivity index (χ4n) is 0.269. The Bertz CT molecular complexity index is 253. The largest absolute Gasteiger partial charge is 0.497 e. The molecule has 0 aliphatic heterocycles. The van der Waals surface area contributed by atoms with Crippen molar-refractivity contribution in [1.82, 2.24) is 0 Å². The van der Waals surface area contributed by atoms with Crippen molar-refractivity contribution in [2.45, 2.75) is 5.51 Å². The van der Waals surface area contributed by atoms with Crippen LogP contribution in [0.1, 0.15) is 0 Å². The van der Waals surface area contributed by atoms with E-state index < -0.39 is 27.0 Å². The summed E-state index contributed by atoms with van der Waals surface area (Å²) in [6.45, 7) is 0. The lowest BCUT2D eigenvalue weighted by atomic mass is 10.8. The van der Waals surface area contributed by atoms with Crippen LogP contribution in [0.15, 0.2) is 0 Å². The molecule has 0 unspecified atom stereocenters. The lowest BCUT2D eigenvalue weighted by molar-refractivity contribution is -0.116. The van der Waals surface area contributed by atoms with E-state index in [1.54, 1.807) is 0 Å². The van der Waals surface area contributed by atoms with Crippen molar-refractivity contribution in [3.63, 3.8) is 0 Å². The van der Waals surface area contributed by atoms with E-state index in [1.807, 2.05) is 0 Å². The molecule has 66 valence electrons. The summed E-state index contributed by atoms with van der Waals surface area (Å²) < 4.78 is 54.3. The SMILES string of the molecule is NC(=O)CS(=O)(=O)C(F)(F)F. The van der Waals surface area contributed by atoms with Gasteiger partial charge in [-0.15, -0.1) is 0 Å². The Balaban J connectivity index is 4.64. The zero-order chi connectivity index (χ0) is 9.28. The molecule has 8 heteroatoms. The zero-order valence-corrected chi connectivity index (χ0v) is 5.87. The van der Waals surface area contributed by atoms with Gasteiger partial charge in [0.25, 0.3) is 9.84 Å². The van der Waals surface area contributed by atoms with Crippen LogP contribution in [-0.2, 0) is 14.6 Å². The molecule has 0 aromatic rings. The van der Waals surface area contributed by atoms with Crippen LogP contribution in [0, 0.1) is 0 Å². The zero-order valence-electron chi connectivity index (χ0n) is 5.05. The fraction of sp³-hybridized carbons (Fsp3) is 0.667. The normalized spacial score (nSPS) is 13.0. The van der Waals surface area contributed by atoms with Gasteiger partial charge >= 0.3 is 5.51 Å². The highest BCUT2D eigenvalue weighted by molar-refractivity contribution is 7.92. The van der Waals surface area contributed by atoms with E-state index >= 15 is 0 Å². The number of hydrogen-bond donors (Lipinski definition) is 1. The number of hydrogen-bond acceptors (Lipinski definition) is 3. The Kier molecular flexibility index (Phi) is 2.49. The molecule has 0 aromatic heterocycles. The van der Waals surface area contributed by atoms with Gasteiger partial charge in [0.2, 0.25) is 5.91 Å². The maximum atomic E-state index is 11.4. The van der Waals surface area contributed by atoms with Crippen LogP contribution >= 0.6 is 0 Å². The molecule has 0 radical (unpaired) electrons. The number of carbonyl (C=O) groups is 1. The quantitative estimate of drug-likeness (QED) is 0.633. The van der Waals surface area contributed by atoms with Gasteiger partial charge < -0.3 is 5.73 Å². The summed E-state index contributed by atoms with van der Waals surface area (Å²) in [4.78, 5) is 9.80. The lowest BCUT2D eigenvalue weighted by Gasteiger charge is -2.04. The van der Waals surface area contributed by atoms with Crippen molar-refractivity contribution >= 4 is 15.7 Å². The van der Waals surface area contributed by atoms with Gasteiger partial charge in [-0.2, -0.15) is 13.2 Å². The van der Waals surface area contributed by atoms with Crippen molar-refractivity contribution in [3.05, 3.63) is 0 Å². The van der Waals surface area contributed by atoms with Crippen LogP contribution < -0.4 is 5.73 Å². The maximum absolute atomic E-state index is 11.4. The van der Waals surface area contributed by atoms with E-state index in [0.717, 1.165) is 0 Å². The predicted octanol–water partition coefficient (Wildman–Crippen LogP) is -0.594. The second-order valence-electron chi connectivity index (χ2n) is 1.67. The van der Waals surface area contributed by atoms with Gasteiger partial charge in [-0.3, -0.25) is 4.79 Å². The minimum atomic E-state index is -5.40. The van der Waals surface area contributed by atoms with E-state index in [9.17, 15) is 26.4 Å². The highest BCUT2D eigenvalue weighted by Gasteiger charge is 2.46. The monoisotopic (exact) mass is 191 g/mol. The summed E-state index contributed by atoms with van der Waals surface area (Å²) in [6.07, 6.45) is 0. The van der Waals surface area contributed by atoms with Crippen LogP contribution in [0.2, 0.25) is 0 Å². The first-order valence-electron chi connectivity index (χ1n) is 2.24. The minimum absolute atomic E-state index is 1.53. The highest BCUT2D eigenvalue weighted by Crippen LogP contribution is 2.23. The van der Waals surface area contributed by atoms with E-state index in [0.29, 0.717) is 0 Å². The Hall–Kier alpha value is -0.790. The second kappa shape index (κ2) is 2.68. The molecule has 0 spiro atoms. The van der Waals surface area contributed by atoms with Gasteiger partial charge in [0, 0.05) is 0 Å². The van der Waals surface area contributed by atoms with Crippen molar-refractivity contribution in [3.8, 4) is 0 Å². The molecule has 0 rings (SSSR count). The standard InChI is InChI=1S/C3H4F3NO3S/c4-3(5,6)11(9,10)1-2(7)8/h1H2,(H2,7,8). The Morgan fingerprint density at radius 2 is 1.73 bits per heavy atom. The number of carbonyl (C=O) groups excluding carboxylic acids is 1. The molecular formula is C3H4F3NO3S. The molecule has 0 bridgehead atoms. The fourth-order valence-corrected chi connectivity index (χ4v) is 0.807. The third-order valence-electron chi connectivity index (χ3n) is 0.685. The molecule has 0 saturated carbocycles. The minimum Gasteiger partial charge on any atom is -0.369 e. The average Bonchev–Trinajstić information content (AvgIpc) is 1.56. The molecule has 0 aliphatic carbocycles. The van der Waals surface area contributed by atoms with Crippen LogP contribution in [0.25, 0.3) is 0 Å². The summed E-state index contributed by atoms with van der Waals surface area (Å²) in [6, 6.07) is 0. The van der Waals surface area contributed by atoms with E-state index in [-0.39, 0.29) is 0 Å². The van der Waals surface area contributed by atoms with Crippen LogP contribution in [0.5, 0.6) is 0 Å². The van der Waals surface area contributed by atoms with Crippen LogP contribution in [0.3, 0.4) is 0 Å². The molecule has 0 aliphatic rings. The highest BCUT2D eigenvalue weighted by atomic mass is 32.2. The predicted molar refractivity (Wildman–Crippen MR) is 29.0 cm³/mol. The first-order chi connectivity index (χ1) is 4.67. The third-order valence-corrected chi connectivity index (χ3v) is 2.05. The number of sulfone groups is 1. The van der Waals surface area contributed by atoms with Gasteiger partial charge in [0.1, 0.15) is 5.75 Å². The molecular weight excluding hydrogens is 187 g/mol. The summed E-state index contributed by atoms with van der Waals surface area (Å²) in [5.41, 5.74) is -1.14. The van der Waals surface area contributed by atoms with Gasteiger partial charge in [0.15, 0.2) is 0 Å². The molecule has 0 heterocycles. The van der Waals surface area contributed by atoms with Gasteiger partial charge in [0.05, 0.1) is 0 Å². The summed E-state index contributed by atoms with van der Waals surface area (Å²) in [5.74, 6) is -3.22. The third kappa shape index (κ3) is 2.74. The Morgan fingerprint density at radius 1 is 1.36 bits per heavy atom. The molecule has 0 saturated heterocycles. The summed E-state index contributed by atoms with van der Waals surface area (Å²) >= 11 is 0. The van der Waals surface area contributed by atoms with E-state index in [2.05, 4.69) is 5.73 Å². The first kappa shape index (κ1) is 10.2. The molecule has 11 heavy (non-hydrogen) atoms. The Labute approximate surface area is 60.1 Å². The van der Waals surface area contributed by atoms with Gasteiger partial charge in [-0.25, -0.2) is 8.42 Å². The van der Waals surface area contributed by atoms with Crippen molar-refractivity contribution in [2.24, 2.45) is 5.73 Å². The number of primary amides is 1.